The number of hydrogen-bond donors (Lipinski definition) is 0. The third-order valence-corrected chi connectivity index (χ3v) is 10.9. The number of ether oxygens (including phenoxy) is 2. The van der Waals surface area contributed by atoms with Gasteiger partial charge in [0, 0.05) is 26.5 Å². The highest BCUT2D eigenvalue weighted by Crippen LogP contribution is 2.48. The normalized spacial score (nSPS) is 13.6. The van der Waals surface area contributed by atoms with Crippen LogP contribution < -0.4 is 0 Å². The number of unbranched alkanes of at least 4 members (excludes halogenated alkanes) is 22. The molecule has 9 nitrogen and oxygen atoms in total. The van der Waals surface area contributed by atoms with Crippen molar-refractivity contribution >= 4 is 19.8 Å². The lowest BCUT2D eigenvalue weighted by Gasteiger charge is -2.22. The van der Waals surface area contributed by atoms with Crippen molar-refractivity contribution in [3.8, 4) is 0 Å². The summed E-state index contributed by atoms with van der Waals surface area (Å²) in [5.74, 6) is -0.738. The molecule has 0 aromatic heterocycles. The molecule has 0 amide bonds. The van der Waals surface area contributed by atoms with Gasteiger partial charge >= 0.3 is 19.8 Å². The minimum absolute atomic E-state index is 0.142. The molecule has 54 heavy (non-hydrogen) atoms. The molecule has 2 unspecified atom stereocenters. The molecule has 0 aromatic carbocycles. The maximum absolute atomic E-state index is 12.9. The Morgan fingerprint density at radius 1 is 0.556 bits per heavy atom. The van der Waals surface area contributed by atoms with E-state index in [1.165, 1.54) is 103 Å². The first-order valence-corrected chi connectivity index (χ1v) is 23.5. The molecule has 0 aromatic rings. The van der Waals surface area contributed by atoms with Gasteiger partial charge in [0.2, 0.25) is 0 Å². The van der Waals surface area contributed by atoms with Gasteiger partial charge in [-0.3, -0.25) is 23.2 Å². The number of allylic oxidation sites excluding steroid dienone is 4. The molecule has 0 aliphatic carbocycles. The van der Waals surface area contributed by atoms with Gasteiger partial charge in [0.1, 0.15) is 6.61 Å². The maximum atomic E-state index is 12.9. The van der Waals surface area contributed by atoms with Crippen molar-refractivity contribution in [2.45, 2.75) is 200 Å². The van der Waals surface area contributed by atoms with Crippen LogP contribution in [0.4, 0.5) is 0 Å². The van der Waals surface area contributed by atoms with Gasteiger partial charge in [0.15, 0.2) is 6.10 Å². The summed E-state index contributed by atoms with van der Waals surface area (Å²) in [6.45, 7) is 4.73. The number of hydrogen-bond acceptors (Lipinski definition) is 9. The van der Waals surface area contributed by atoms with Crippen molar-refractivity contribution in [1.29, 1.82) is 0 Å². The van der Waals surface area contributed by atoms with Crippen molar-refractivity contribution in [3.05, 3.63) is 24.3 Å². The molecule has 2 atom stereocenters. The van der Waals surface area contributed by atoms with Crippen LogP contribution in [0.15, 0.2) is 24.3 Å². The van der Waals surface area contributed by atoms with Gasteiger partial charge in [-0.05, 0) is 78.3 Å². The molecular weight excluding hydrogens is 701 g/mol. The number of carbonyl (C=O) groups excluding carboxylic acids is 2. The van der Waals surface area contributed by atoms with Crippen molar-refractivity contribution < 1.29 is 37.2 Å². The van der Waals surface area contributed by atoms with Crippen LogP contribution in [0.25, 0.3) is 0 Å². The molecule has 0 saturated carbocycles. The van der Waals surface area contributed by atoms with Crippen molar-refractivity contribution in [3.63, 3.8) is 0 Å². The van der Waals surface area contributed by atoms with Crippen LogP contribution in [0.2, 0.25) is 0 Å². The van der Waals surface area contributed by atoms with E-state index in [1.807, 2.05) is 19.0 Å². The number of phosphoric acid groups is 1. The van der Waals surface area contributed by atoms with E-state index in [2.05, 4.69) is 38.2 Å². The fourth-order valence-electron chi connectivity index (χ4n) is 5.95. The van der Waals surface area contributed by atoms with E-state index in [-0.39, 0.29) is 32.2 Å². The zero-order chi connectivity index (χ0) is 39.8. The Labute approximate surface area is 332 Å². The minimum Gasteiger partial charge on any atom is -0.462 e. The Kier molecular flexibility index (Phi) is 38.6. The molecule has 0 rings (SSSR count). The standard InChI is InChI=1S/C44H84NO8P/c1-6-8-10-12-14-16-18-20-22-24-26-28-30-32-34-36-43(46)50-40-42(41-52-54(48,49-5)51-39-38-45(3)4)53-44(47)37-35-33-31-29-27-25-23-21-19-17-15-13-11-9-7-2/h20-23,42H,6-19,24-41H2,1-5H3/b22-20-,23-21-. The average molecular weight is 786 g/mol. The fraction of sp³-hybridized carbons (Fsp3) is 0.864. The smallest absolute Gasteiger partial charge is 0.462 e. The van der Waals surface area contributed by atoms with E-state index in [4.69, 9.17) is 23.0 Å². The lowest BCUT2D eigenvalue weighted by atomic mass is 10.1. The average Bonchev–Trinajstić information content (AvgIpc) is 3.15. The molecular formula is C44H84NO8P. The Balaban J connectivity index is 4.41. The summed E-state index contributed by atoms with van der Waals surface area (Å²) in [5, 5.41) is 0. The number of nitrogens with zero attached hydrogens (tertiary/aromatic N) is 1. The largest absolute Gasteiger partial charge is 0.474 e. The lowest BCUT2D eigenvalue weighted by Crippen LogP contribution is -2.29. The first-order valence-electron chi connectivity index (χ1n) is 22.0. The zero-order valence-electron chi connectivity index (χ0n) is 35.7. The number of esters is 2. The molecule has 0 bridgehead atoms. The second-order valence-corrected chi connectivity index (χ2v) is 16.8. The quantitative estimate of drug-likeness (QED) is 0.0259. The third-order valence-electron chi connectivity index (χ3n) is 9.44. The molecule has 0 heterocycles. The molecule has 0 N–H and O–H groups in total. The number of rotatable bonds is 41. The van der Waals surface area contributed by atoms with Crippen LogP contribution >= 0.6 is 7.82 Å². The molecule has 0 aliphatic heterocycles. The molecule has 0 aliphatic rings. The number of likely N-dealkylation sites (N-methyl/N-ethyl adjacent to an activating group) is 1. The zero-order valence-corrected chi connectivity index (χ0v) is 36.6. The first kappa shape index (κ1) is 52.5. The van der Waals surface area contributed by atoms with Gasteiger partial charge in [0.05, 0.1) is 13.2 Å². The first-order chi connectivity index (χ1) is 26.3. The van der Waals surface area contributed by atoms with E-state index in [9.17, 15) is 14.2 Å². The van der Waals surface area contributed by atoms with Gasteiger partial charge in [-0.2, -0.15) is 0 Å². The van der Waals surface area contributed by atoms with Gasteiger partial charge in [0.25, 0.3) is 0 Å². The van der Waals surface area contributed by atoms with Crippen LogP contribution in [0, 0.1) is 0 Å². The summed E-state index contributed by atoms with van der Waals surface area (Å²) in [4.78, 5) is 27.2. The van der Waals surface area contributed by atoms with Crippen molar-refractivity contribution in [2.24, 2.45) is 0 Å². The van der Waals surface area contributed by atoms with Crippen LogP contribution in [0.3, 0.4) is 0 Å². The molecule has 0 radical (unpaired) electrons. The fourth-order valence-corrected chi connectivity index (χ4v) is 6.89. The van der Waals surface area contributed by atoms with E-state index in [0.717, 1.165) is 70.6 Å². The molecule has 10 heteroatoms. The van der Waals surface area contributed by atoms with Crippen LogP contribution in [0.5, 0.6) is 0 Å². The summed E-state index contributed by atoms with van der Waals surface area (Å²) in [6, 6.07) is 0. The predicted molar refractivity (Wildman–Crippen MR) is 225 cm³/mol. The van der Waals surface area contributed by atoms with Gasteiger partial charge in [-0.1, -0.05) is 141 Å². The summed E-state index contributed by atoms with van der Waals surface area (Å²) in [5.41, 5.74) is 0. The molecule has 0 saturated heterocycles. The van der Waals surface area contributed by atoms with Crippen LogP contribution in [-0.2, 0) is 37.2 Å². The Morgan fingerprint density at radius 3 is 1.39 bits per heavy atom. The third kappa shape index (κ3) is 37.4. The monoisotopic (exact) mass is 786 g/mol. The highest BCUT2D eigenvalue weighted by molar-refractivity contribution is 7.48. The highest BCUT2D eigenvalue weighted by atomic mass is 31.2. The SMILES string of the molecule is CCCCCCCC/C=C\CCCCCCCC(=O)OCC(COP(=O)(OC)OCCN(C)C)OC(=O)CCCCCCC/C=C\CCCCCCCC. The summed E-state index contributed by atoms with van der Waals surface area (Å²) in [7, 11) is 1.13. The van der Waals surface area contributed by atoms with Crippen LogP contribution in [-0.4, -0.2) is 70.5 Å². The molecule has 0 fully saturated rings. The summed E-state index contributed by atoms with van der Waals surface area (Å²) < 4.78 is 40.0. The summed E-state index contributed by atoms with van der Waals surface area (Å²) >= 11 is 0. The maximum Gasteiger partial charge on any atom is 0.474 e. The Bertz CT molecular complexity index is 957. The lowest BCUT2D eigenvalue weighted by molar-refractivity contribution is -0.161. The Hall–Kier alpha value is -1.51. The van der Waals surface area contributed by atoms with Gasteiger partial charge < -0.3 is 14.4 Å². The van der Waals surface area contributed by atoms with E-state index >= 15 is 0 Å². The van der Waals surface area contributed by atoms with Gasteiger partial charge in [-0.15, -0.1) is 0 Å². The molecule has 0 spiro atoms. The topological polar surface area (TPSA) is 101 Å². The molecule has 318 valence electrons. The second-order valence-electron chi connectivity index (χ2n) is 15.0. The Morgan fingerprint density at radius 2 is 0.963 bits per heavy atom. The van der Waals surface area contributed by atoms with Crippen molar-refractivity contribution in [1.82, 2.24) is 4.90 Å². The van der Waals surface area contributed by atoms with E-state index in [1.54, 1.807) is 0 Å². The highest BCUT2D eigenvalue weighted by Gasteiger charge is 2.28. The van der Waals surface area contributed by atoms with Crippen molar-refractivity contribution in [2.75, 3.05) is 47.6 Å². The summed E-state index contributed by atoms with van der Waals surface area (Å²) in [6.07, 6.45) is 39.7. The minimum atomic E-state index is -3.87. The number of carbonyl (C=O) groups is 2. The van der Waals surface area contributed by atoms with Gasteiger partial charge in [-0.25, -0.2) is 4.57 Å². The predicted octanol–water partition coefficient (Wildman–Crippen LogP) is 12.9. The van der Waals surface area contributed by atoms with E-state index < -0.39 is 19.9 Å². The van der Waals surface area contributed by atoms with Crippen LogP contribution in [0.1, 0.15) is 194 Å². The second kappa shape index (κ2) is 39.7. The van der Waals surface area contributed by atoms with E-state index in [0.29, 0.717) is 13.0 Å². The number of phosphoric ester groups is 1.